The molecule has 2 heterocycles. The van der Waals surface area contributed by atoms with Gasteiger partial charge in [0.1, 0.15) is 12.7 Å². The lowest BCUT2D eigenvalue weighted by atomic mass is 10.0. The predicted molar refractivity (Wildman–Crippen MR) is 98.4 cm³/mol. The van der Waals surface area contributed by atoms with Crippen LogP contribution in [0.1, 0.15) is 22.0 Å². The van der Waals surface area contributed by atoms with Crippen LogP contribution in [-0.2, 0) is 6.54 Å². The van der Waals surface area contributed by atoms with Crippen LogP contribution in [0.25, 0.3) is 10.9 Å². The molecule has 128 valence electrons. The number of nitrogens with one attached hydrogen (secondary N) is 1. The van der Waals surface area contributed by atoms with E-state index in [1.807, 2.05) is 54.6 Å². The molecule has 0 radical (unpaired) electrons. The number of carbonyl (C=O) groups is 1. The van der Waals surface area contributed by atoms with E-state index in [2.05, 4.69) is 20.4 Å². The first-order chi connectivity index (χ1) is 12.8. The lowest BCUT2D eigenvalue weighted by Gasteiger charge is -2.19. The number of para-hydroxylation sites is 1. The van der Waals surface area contributed by atoms with Gasteiger partial charge in [0, 0.05) is 11.6 Å². The molecule has 6 heteroatoms. The van der Waals surface area contributed by atoms with Gasteiger partial charge in [-0.05, 0) is 17.7 Å². The molecule has 26 heavy (non-hydrogen) atoms. The maximum atomic E-state index is 13.0. The van der Waals surface area contributed by atoms with Crippen LogP contribution < -0.4 is 5.32 Å². The van der Waals surface area contributed by atoms with E-state index in [4.69, 9.17) is 0 Å². The zero-order valence-electron chi connectivity index (χ0n) is 14.0. The molecule has 1 atom stereocenters. The van der Waals surface area contributed by atoms with E-state index < -0.39 is 0 Å². The highest BCUT2D eigenvalue weighted by atomic mass is 16.1. The molecule has 4 aromatic rings. The van der Waals surface area contributed by atoms with Crippen molar-refractivity contribution in [3.8, 4) is 0 Å². The first-order valence-corrected chi connectivity index (χ1v) is 8.33. The summed E-state index contributed by atoms with van der Waals surface area (Å²) in [4.78, 5) is 21.3. The van der Waals surface area contributed by atoms with Crippen molar-refractivity contribution >= 4 is 16.8 Å². The number of rotatable bonds is 5. The van der Waals surface area contributed by atoms with Gasteiger partial charge in [-0.15, -0.1) is 0 Å². The quantitative estimate of drug-likeness (QED) is 0.605. The van der Waals surface area contributed by atoms with E-state index in [0.717, 1.165) is 16.5 Å². The summed E-state index contributed by atoms with van der Waals surface area (Å²) < 4.78 is 1.71. The van der Waals surface area contributed by atoms with E-state index in [-0.39, 0.29) is 11.9 Å². The molecule has 1 unspecified atom stereocenters. The molecule has 0 saturated heterocycles. The van der Waals surface area contributed by atoms with Crippen molar-refractivity contribution in [1.82, 2.24) is 25.1 Å². The summed E-state index contributed by atoms with van der Waals surface area (Å²) in [7, 11) is 0. The molecule has 0 aliphatic carbocycles. The molecule has 2 aromatic carbocycles. The van der Waals surface area contributed by atoms with Gasteiger partial charge in [-0.3, -0.25) is 14.5 Å². The molecule has 6 nitrogen and oxygen atoms in total. The van der Waals surface area contributed by atoms with E-state index in [1.54, 1.807) is 23.3 Å². The Morgan fingerprint density at radius 1 is 1.04 bits per heavy atom. The average molecular weight is 343 g/mol. The van der Waals surface area contributed by atoms with Crippen molar-refractivity contribution in [2.45, 2.75) is 12.6 Å². The van der Waals surface area contributed by atoms with Crippen LogP contribution in [0.4, 0.5) is 0 Å². The lowest BCUT2D eigenvalue weighted by Crippen LogP contribution is -2.31. The minimum Gasteiger partial charge on any atom is -0.343 e. The second kappa shape index (κ2) is 7.14. The Kier molecular flexibility index (Phi) is 4.38. The van der Waals surface area contributed by atoms with Crippen LogP contribution in [0.15, 0.2) is 79.5 Å². The highest BCUT2D eigenvalue weighted by Gasteiger charge is 2.18. The number of aromatic nitrogens is 4. The number of hydrogen-bond acceptors (Lipinski definition) is 4. The molecule has 1 amide bonds. The molecular formula is C20H17N5O. The van der Waals surface area contributed by atoms with Crippen molar-refractivity contribution in [3.63, 3.8) is 0 Å². The van der Waals surface area contributed by atoms with Crippen molar-refractivity contribution < 1.29 is 4.79 Å². The average Bonchev–Trinajstić information content (AvgIpc) is 3.21. The minimum absolute atomic E-state index is 0.141. The SMILES string of the molecule is O=C(NC(Cn1cncn1)c1ccccc1)c1ccnc2ccccc12. The van der Waals surface area contributed by atoms with Gasteiger partial charge in [0.2, 0.25) is 0 Å². The van der Waals surface area contributed by atoms with Crippen molar-refractivity contribution in [3.05, 3.63) is 90.6 Å². The maximum absolute atomic E-state index is 13.0. The minimum atomic E-state index is -0.225. The van der Waals surface area contributed by atoms with Crippen LogP contribution >= 0.6 is 0 Å². The Bertz CT molecular complexity index is 1010. The summed E-state index contributed by atoms with van der Waals surface area (Å²) in [6.45, 7) is 0.499. The number of pyridine rings is 1. The second-order valence-electron chi connectivity index (χ2n) is 5.93. The lowest BCUT2D eigenvalue weighted by molar-refractivity contribution is 0.0933. The largest absolute Gasteiger partial charge is 0.343 e. The third kappa shape index (κ3) is 3.30. The Morgan fingerprint density at radius 3 is 2.65 bits per heavy atom. The molecule has 2 aromatic heterocycles. The molecular weight excluding hydrogens is 326 g/mol. The number of amides is 1. The Balaban J connectivity index is 1.65. The van der Waals surface area contributed by atoms with Gasteiger partial charge < -0.3 is 5.32 Å². The van der Waals surface area contributed by atoms with Gasteiger partial charge >= 0.3 is 0 Å². The highest BCUT2D eigenvalue weighted by Crippen LogP contribution is 2.19. The molecule has 4 rings (SSSR count). The Labute approximate surface area is 150 Å². The van der Waals surface area contributed by atoms with E-state index in [9.17, 15) is 4.79 Å². The molecule has 0 bridgehead atoms. The fourth-order valence-electron chi connectivity index (χ4n) is 2.96. The van der Waals surface area contributed by atoms with Gasteiger partial charge in [-0.25, -0.2) is 4.98 Å². The number of nitrogens with zero attached hydrogens (tertiary/aromatic N) is 4. The van der Waals surface area contributed by atoms with Crippen LogP contribution in [0.5, 0.6) is 0 Å². The first-order valence-electron chi connectivity index (χ1n) is 8.33. The fraction of sp³-hybridized carbons (Fsp3) is 0.100. The van der Waals surface area contributed by atoms with E-state index in [0.29, 0.717) is 12.1 Å². The standard InChI is InChI=1S/C20H17N5O/c26-20(17-10-11-22-18-9-5-4-8-16(17)18)24-19(12-25-14-21-13-23-25)15-6-2-1-3-7-15/h1-11,13-14,19H,12H2,(H,24,26). The topological polar surface area (TPSA) is 72.7 Å². The summed E-state index contributed by atoms with van der Waals surface area (Å²) >= 11 is 0. The Morgan fingerprint density at radius 2 is 1.85 bits per heavy atom. The first kappa shape index (κ1) is 16.0. The summed E-state index contributed by atoms with van der Waals surface area (Å²) in [6.07, 6.45) is 4.79. The molecule has 1 N–H and O–H groups in total. The van der Waals surface area contributed by atoms with Gasteiger partial charge in [0.25, 0.3) is 5.91 Å². The van der Waals surface area contributed by atoms with E-state index >= 15 is 0 Å². The van der Waals surface area contributed by atoms with Crippen LogP contribution in [0.3, 0.4) is 0 Å². The van der Waals surface area contributed by atoms with Crippen LogP contribution in [0.2, 0.25) is 0 Å². The predicted octanol–water partition coefficient (Wildman–Crippen LogP) is 3.00. The summed E-state index contributed by atoms with van der Waals surface area (Å²) in [5, 5.41) is 8.11. The smallest absolute Gasteiger partial charge is 0.252 e. The maximum Gasteiger partial charge on any atom is 0.252 e. The van der Waals surface area contributed by atoms with Crippen molar-refractivity contribution in [2.75, 3.05) is 0 Å². The normalized spacial score (nSPS) is 12.0. The van der Waals surface area contributed by atoms with Gasteiger partial charge in [0.15, 0.2) is 0 Å². The zero-order chi connectivity index (χ0) is 17.8. The summed E-state index contributed by atoms with van der Waals surface area (Å²) in [5.74, 6) is -0.141. The van der Waals surface area contributed by atoms with E-state index in [1.165, 1.54) is 6.33 Å². The third-order valence-electron chi connectivity index (χ3n) is 4.24. The van der Waals surface area contributed by atoms with Crippen molar-refractivity contribution in [2.24, 2.45) is 0 Å². The monoisotopic (exact) mass is 343 g/mol. The summed E-state index contributed by atoms with van der Waals surface area (Å²) in [6, 6.07) is 19.0. The number of fused-ring (bicyclic) bond motifs is 1. The second-order valence-corrected chi connectivity index (χ2v) is 5.93. The molecule has 0 spiro atoms. The number of carbonyl (C=O) groups excluding carboxylic acids is 1. The van der Waals surface area contributed by atoms with Gasteiger partial charge in [-0.1, -0.05) is 48.5 Å². The third-order valence-corrected chi connectivity index (χ3v) is 4.24. The molecule has 0 aliphatic heterocycles. The number of hydrogen-bond donors (Lipinski definition) is 1. The fourth-order valence-corrected chi connectivity index (χ4v) is 2.96. The van der Waals surface area contributed by atoms with Gasteiger partial charge in [0.05, 0.1) is 23.7 Å². The molecule has 0 saturated carbocycles. The zero-order valence-corrected chi connectivity index (χ0v) is 14.0. The van der Waals surface area contributed by atoms with Crippen LogP contribution in [0, 0.1) is 0 Å². The molecule has 0 fully saturated rings. The van der Waals surface area contributed by atoms with Crippen LogP contribution in [-0.4, -0.2) is 25.7 Å². The number of benzene rings is 2. The van der Waals surface area contributed by atoms with Crippen molar-refractivity contribution in [1.29, 1.82) is 0 Å². The van der Waals surface area contributed by atoms with Gasteiger partial charge in [-0.2, -0.15) is 5.10 Å². The summed E-state index contributed by atoms with van der Waals surface area (Å²) in [5.41, 5.74) is 2.41. The highest BCUT2D eigenvalue weighted by molar-refractivity contribution is 6.06. The molecule has 0 aliphatic rings. The Hall–Kier alpha value is -3.54.